The minimum atomic E-state index is -0.255. The first-order valence-electron chi connectivity index (χ1n) is 10.9. The van der Waals surface area contributed by atoms with Crippen molar-refractivity contribution in [3.05, 3.63) is 70.3 Å². The standard InChI is InChI=1S/C27H23N4O.Mg/c1-12-8-18-10-22-15(4)25-26(31-22)24(16(5)27(25)32)19-7-6-17(28-19)9-21-13(2)14(3)23(30-21)11-20(12)29-18;/h6-11,16H,1-5H3,(H-,28,29,30,31,32);/q-1;+2/p-1/t16-;/m1./s1. The predicted molar refractivity (Wildman–Crippen MR) is 134 cm³/mol. The molecule has 0 aromatic carbocycles. The van der Waals surface area contributed by atoms with E-state index in [4.69, 9.17) is 19.9 Å². The number of rotatable bonds is 0. The number of carbonyl (C=O) groups is 1. The zero-order valence-electron chi connectivity index (χ0n) is 19.4. The molecule has 33 heavy (non-hydrogen) atoms. The van der Waals surface area contributed by atoms with E-state index in [0.717, 1.165) is 78.3 Å². The largest absolute Gasteiger partial charge is 2.00 e. The molecule has 0 spiro atoms. The van der Waals surface area contributed by atoms with Gasteiger partial charge in [0.2, 0.25) is 0 Å². The van der Waals surface area contributed by atoms with Crippen LogP contribution in [0.5, 0.6) is 0 Å². The number of hydrogen-bond donors (Lipinski definition) is 0. The van der Waals surface area contributed by atoms with Gasteiger partial charge in [0.15, 0.2) is 5.78 Å². The molecule has 6 rings (SSSR count). The van der Waals surface area contributed by atoms with Crippen LogP contribution in [-0.4, -0.2) is 38.8 Å². The number of fused-ring (bicyclic) bond motifs is 8. The van der Waals surface area contributed by atoms with Gasteiger partial charge in [-0.3, -0.25) is 4.79 Å². The van der Waals surface area contributed by atoms with Gasteiger partial charge >= 0.3 is 23.1 Å². The minimum absolute atomic E-state index is 0. The van der Waals surface area contributed by atoms with Crippen LogP contribution < -0.4 is 9.97 Å². The summed E-state index contributed by atoms with van der Waals surface area (Å²) < 4.78 is 0. The van der Waals surface area contributed by atoms with Crippen LogP contribution in [0.3, 0.4) is 0 Å². The van der Waals surface area contributed by atoms with Crippen molar-refractivity contribution in [1.29, 1.82) is 0 Å². The van der Waals surface area contributed by atoms with Crippen LogP contribution in [0.2, 0.25) is 0 Å². The first kappa shape index (κ1) is 21.9. The Morgan fingerprint density at radius 3 is 2.15 bits per heavy atom. The third kappa shape index (κ3) is 3.15. The van der Waals surface area contributed by atoms with E-state index < -0.39 is 0 Å². The van der Waals surface area contributed by atoms with Gasteiger partial charge in [0.05, 0.1) is 22.8 Å². The van der Waals surface area contributed by atoms with E-state index in [-0.39, 0.29) is 34.8 Å². The van der Waals surface area contributed by atoms with Gasteiger partial charge < -0.3 is 9.97 Å². The smallest absolute Gasteiger partial charge is 0.658 e. The van der Waals surface area contributed by atoms with Crippen molar-refractivity contribution >= 4 is 73.2 Å². The van der Waals surface area contributed by atoms with Crippen molar-refractivity contribution in [1.82, 2.24) is 19.9 Å². The second kappa shape index (κ2) is 7.53. The van der Waals surface area contributed by atoms with E-state index >= 15 is 0 Å². The molecule has 5 nitrogen and oxygen atoms in total. The van der Waals surface area contributed by atoms with Crippen LogP contribution in [0.25, 0.3) is 44.4 Å². The summed E-state index contributed by atoms with van der Waals surface area (Å²) in [6, 6.07) is 12.1. The maximum absolute atomic E-state index is 13.1. The van der Waals surface area contributed by atoms with Crippen molar-refractivity contribution in [3.63, 3.8) is 0 Å². The predicted octanol–water partition coefficient (Wildman–Crippen LogP) is 5.07. The number of aryl methyl sites for hydroxylation is 1. The third-order valence-electron chi connectivity index (χ3n) is 6.93. The molecular formula is C27H22MgN4O. The Morgan fingerprint density at radius 1 is 0.758 bits per heavy atom. The van der Waals surface area contributed by atoms with E-state index in [0.29, 0.717) is 0 Å². The zero-order valence-corrected chi connectivity index (χ0v) is 20.9. The first-order chi connectivity index (χ1) is 15.3. The number of allylic oxidation sites excluding steroid dienone is 4. The van der Waals surface area contributed by atoms with E-state index in [9.17, 15) is 4.79 Å². The molecule has 0 unspecified atom stereocenters. The molecule has 158 valence electrons. The Kier molecular flexibility index (Phi) is 4.99. The van der Waals surface area contributed by atoms with E-state index in [1.165, 1.54) is 0 Å². The number of carbonyl (C=O) groups excluding carboxylic acids is 1. The van der Waals surface area contributed by atoms with Crippen LogP contribution in [0.15, 0.2) is 36.4 Å². The van der Waals surface area contributed by atoms with Crippen LogP contribution in [0.4, 0.5) is 0 Å². The summed E-state index contributed by atoms with van der Waals surface area (Å²) >= 11 is 0. The van der Waals surface area contributed by atoms with E-state index in [2.05, 4.69) is 26.8 Å². The Bertz CT molecular complexity index is 1600. The number of hydrogen-bond acceptors (Lipinski definition) is 3. The minimum Gasteiger partial charge on any atom is -0.658 e. The molecule has 1 aliphatic carbocycles. The molecule has 3 aromatic rings. The number of nitrogens with zero attached hydrogens (tertiary/aromatic N) is 4. The average molecular weight is 443 g/mol. The Hall–Kier alpha value is -2.96. The molecule has 0 amide bonds. The zero-order chi connectivity index (χ0) is 22.3. The van der Waals surface area contributed by atoms with Gasteiger partial charge in [0.25, 0.3) is 0 Å². The third-order valence-corrected chi connectivity index (χ3v) is 6.93. The van der Waals surface area contributed by atoms with Crippen LogP contribution >= 0.6 is 0 Å². The molecule has 0 saturated carbocycles. The van der Waals surface area contributed by atoms with Gasteiger partial charge in [-0.15, -0.1) is 22.1 Å². The molecule has 0 saturated heterocycles. The molecule has 3 aliphatic rings. The molecule has 6 heteroatoms. The molecule has 0 N–H and O–H groups in total. The second-order valence-electron chi connectivity index (χ2n) is 8.92. The van der Waals surface area contributed by atoms with Crippen molar-refractivity contribution in [2.45, 2.75) is 40.5 Å². The van der Waals surface area contributed by atoms with Crippen LogP contribution in [0.1, 0.15) is 67.5 Å². The van der Waals surface area contributed by atoms with Crippen molar-refractivity contribution in [2.75, 3.05) is 0 Å². The van der Waals surface area contributed by atoms with E-state index in [1.807, 2.05) is 44.2 Å². The fourth-order valence-electron chi connectivity index (χ4n) is 4.85. The molecule has 3 aromatic heterocycles. The number of aromatic nitrogens is 4. The summed E-state index contributed by atoms with van der Waals surface area (Å²) in [5.41, 5.74) is 12.7. The summed E-state index contributed by atoms with van der Waals surface area (Å²) in [5.74, 6) is -0.140. The van der Waals surface area contributed by atoms with Crippen LogP contribution in [0, 0.1) is 6.92 Å². The molecule has 1 atom stereocenters. The maximum atomic E-state index is 13.1. The van der Waals surface area contributed by atoms with Gasteiger partial charge in [0.1, 0.15) is 0 Å². The first-order valence-corrected chi connectivity index (χ1v) is 10.9. The van der Waals surface area contributed by atoms with Gasteiger partial charge in [0, 0.05) is 11.5 Å². The Labute approximate surface area is 208 Å². The number of ketones is 1. The van der Waals surface area contributed by atoms with Gasteiger partial charge in [-0.1, -0.05) is 48.9 Å². The summed E-state index contributed by atoms with van der Waals surface area (Å²) in [4.78, 5) is 32.6. The topological polar surface area (TPSA) is 71.1 Å². The monoisotopic (exact) mass is 442 g/mol. The fraction of sp³-hybridized carbons (Fsp3) is 0.222. The molecule has 5 heterocycles. The number of Topliss-reactive ketones (excluding diaryl/α,β-unsaturated/α-hetero) is 1. The van der Waals surface area contributed by atoms with Crippen molar-refractivity contribution in [2.24, 2.45) is 0 Å². The summed E-state index contributed by atoms with van der Waals surface area (Å²) in [6.45, 7) is 10.2. The molecule has 8 bridgehead atoms. The molecule has 0 radical (unpaired) electrons. The Morgan fingerprint density at radius 2 is 1.39 bits per heavy atom. The van der Waals surface area contributed by atoms with Crippen molar-refractivity contribution in [3.8, 4) is 0 Å². The SMILES string of the molecule is CC1=C(C)c2cc3[n-]c(cc4nc5c(c6ccc(cc1n2)[n-]6)[C@@H](C)C(=O)C5=C4C)cc3C.[Mg+2]. The summed E-state index contributed by atoms with van der Waals surface area (Å²) in [6.07, 6.45) is 0. The van der Waals surface area contributed by atoms with Gasteiger partial charge in [-0.05, 0) is 50.0 Å². The molecular weight excluding hydrogens is 421 g/mol. The normalized spacial score (nSPS) is 17.1. The Balaban J connectivity index is 0.00000228. The van der Waals surface area contributed by atoms with Gasteiger partial charge in [-0.25, -0.2) is 9.97 Å². The summed E-state index contributed by atoms with van der Waals surface area (Å²) in [7, 11) is 0. The molecule has 2 aliphatic heterocycles. The average Bonchev–Trinajstić information content (AvgIpc) is 3.52. The van der Waals surface area contributed by atoms with Gasteiger partial charge in [-0.2, -0.15) is 0 Å². The summed E-state index contributed by atoms with van der Waals surface area (Å²) in [5, 5.41) is 0. The second-order valence-corrected chi connectivity index (χ2v) is 8.92. The van der Waals surface area contributed by atoms with Crippen molar-refractivity contribution < 1.29 is 4.79 Å². The maximum Gasteiger partial charge on any atom is 2.00 e. The quantitative estimate of drug-likeness (QED) is 0.455. The van der Waals surface area contributed by atoms with Crippen LogP contribution in [-0.2, 0) is 4.79 Å². The fourth-order valence-corrected chi connectivity index (χ4v) is 4.85. The molecule has 0 fully saturated rings. The van der Waals surface area contributed by atoms with E-state index in [1.54, 1.807) is 0 Å².